The van der Waals surface area contributed by atoms with Gasteiger partial charge in [0.15, 0.2) is 4.39 Å². The van der Waals surface area contributed by atoms with E-state index in [1.165, 1.54) is 11.8 Å². The van der Waals surface area contributed by atoms with Crippen LogP contribution in [0.4, 0.5) is 0 Å². The number of alkyl halides is 1. The summed E-state index contributed by atoms with van der Waals surface area (Å²) in [6, 6.07) is 0. The Morgan fingerprint density at radius 2 is 2.57 bits per heavy atom. The molecule has 1 N–H and O–H groups in total. The Balaban J connectivity index is 2.40. The van der Waals surface area contributed by atoms with Crippen molar-refractivity contribution < 1.29 is 5.11 Å². The van der Waals surface area contributed by atoms with E-state index < -0.39 is 4.39 Å². The molecule has 7 heavy (non-hydrogen) atoms. The summed E-state index contributed by atoms with van der Waals surface area (Å²) < 4.78 is -0.972. The van der Waals surface area contributed by atoms with Gasteiger partial charge >= 0.3 is 0 Å². The van der Waals surface area contributed by atoms with Crippen LogP contribution >= 0.6 is 23.4 Å². The molecule has 0 spiro atoms. The first kappa shape index (κ1) is 5.73. The molecule has 1 nitrogen and oxygen atoms in total. The zero-order valence-electron chi connectivity index (χ0n) is 3.72. The second-order valence-electron chi connectivity index (χ2n) is 1.49. The normalized spacial score (nSPS) is 42.0. The van der Waals surface area contributed by atoms with Crippen LogP contribution in [0.3, 0.4) is 0 Å². The largest absolute Gasteiger partial charge is 0.366 e. The molecule has 0 aromatic heterocycles. The lowest BCUT2D eigenvalue weighted by atomic mass is 10.4. The topological polar surface area (TPSA) is 20.2 Å². The molecule has 1 atom stereocenters. The molecular formula is C4H6ClOS. The van der Waals surface area contributed by atoms with Crippen LogP contribution in [0.15, 0.2) is 0 Å². The first-order chi connectivity index (χ1) is 3.21. The lowest BCUT2D eigenvalue weighted by Gasteiger charge is -2.08. The molecule has 1 unspecified atom stereocenters. The second kappa shape index (κ2) is 1.84. The molecule has 0 bridgehead atoms. The maximum Gasteiger partial charge on any atom is 0.186 e. The molecule has 1 fully saturated rings. The summed E-state index contributed by atoms with van der Waals surface area (Å²) in [5, 5.41) is 8.89. The predicted octanol–water partition coefficient (Wildman–Crippen LogP) is 1.21. The molecule has 1 radical (unpaired) electrons. The van der Waals surface area contributed by atoms with Crippen molar-refractivity contribution in [2.24, 2.45) is 0 Å². The van der Waals surface area contributed by atoms with Gasteiger partial charge in [0.1, 0.15) is 0 Å². The quantitative estimate of drug-likeness (QED) is 0.507. The van der Waals surface area contributed by atoms with E-state index in [2.05, 4.69) is 0 Å². The summed E-state index contributed by atoms with van der Waals surface area (Å²) in [6.45, 7) is 0. The third-order valence-electron chi connectivity index (χ3n) is 0.818. The lowest BCUT2D eigenvalue weighted by Crippen LogP contribution is -2.07. The summed E-state index contributed by atoms with van der Waals surface area (Å²) in [5.74, 6) is 0.875. The van der Waals surface area contributed by atoms with E-state index in [1.54, 1.807) is 0 Å². The highest BCUT2D eigenvalue weighted by atomic mass is 35.5. The van der Waals surface area contributed by atoms with Crippen molar-refractivity contribution in [3.8, 4) is 0 Å². The van der Waals surface area contributed by atoms with E-state index in [1.807, 2.05) is 6.42 Å². The third kappa shape index (κ3) is 1.52. The van der Waals surface area contributed by atoms with Crippen LogP contribution in [0, 0.1) is 6.42 Å². The smallest absolute Gasteiger partial charge is 0.186 e. The lowest BCUT2D eigenvalue weighted by molar-refractivity contribution is 0.228. The Bertz CT molecular complexity index is 66.1. The minimum Gasteiger partial charge on any atom is -0.366 e. The van der Waals surface area contributed by atoms with E-state index >= 15 is 0 Å². The van der Waals surface area contributed by atoms with Crippen molar-refractivity contribution in [3.63, 3.8) is 0 Å². The van der Waals surface area contributed by atoms with Crippen LogP contribution in [0.2, 0.25) is 0 Å². The molecule has 1 aliphatic heterocycles. The first-order valence-electron chi connectivity index (χ1n) is 2.08. The standard InChI is InChI=1S/C4H6ClOS/c5-4(6)2-1-3-7-4/h1,6H,2-3H2. The highest BCUT2D eigenvalue weighted by molar-refractivity contribution is 8.02. The monoisotopic (exact) mass is 137 g/mol. The molecule has 1 aliphatic rings. The van der Waals surface area contributed by atoms with E-state index in [0.29, 0.717) is 6.42 Å². The number of hydrogen-bond donors (Lipinski definition) is 1. The van der Waals surface area contributed by atoms with Crippen molar-refractivity contribution in [1.29, 1.82) is 0 Å². The molecule has 0 amide bonds. The van der Waals surface area contributed by atoms with Gasteiger partial charge in [0.2, 0.25) is 0 Å². The molecule has 3 heteroatoms. The minimum absolute atomic E-state index is 0.610. The molecule has 0 aliphatic carbocycles. The molecule has 0 aromatic rings. The SMILES string of the molecule is OC1(Cl)C[CH]CS1. The average Bonchev–Trinajstić information content (AvgIpc) is 1.84. The zero-order valence-corrected chi connectivity index (χ0v) is 5.30. The van der Waals surface area contributed by atoms with Gasteiger partial charge < -0.3 is 5.11 Å². The highest BCUT2D eigenvalue weighted by Crippen LogP contribution is 2.37. The number of thioether (sulfide) groups is 1. The van der Waals surface area contributed by atoms with Gasteiger partial charge in [-0.15, -0.1) is 11.8 Å². The fourth-order valence-electron chi connectivity index (χ4n) is 0.482. The summed E-state index contributed by atoms with van der Waals surface area (Å²) in [7, 11) is 0. The van der Waals surface area contributed by atoms with E-state index in [-0.39, 0.29) is 0 Å². The van der Waals surface area contributed by atoms with E-state index in [9.17, 15) is 0 Å². The summed E-state index contributed by atoms with van der Waals surface area (Å²) >= 11 is 6.82. The Morgan fingerprint density at radius 3 is 2.71 bits per heavy atom. The minimum atomic E-state index is -0.972. The second-order valence-corrected chi connectivity index (χ2v) is 3.64. The fraction of sp³-hybridized carbons (Fsp3) is 0.750. The van der Waals surface area contributed by atoms with Crippen molar-refractivity contribution in [3.05, 3.63) is 6.42 Å². The van der Waals surface area contributed by atoms with Gasteiger partial charge in [-0.05, 0) is 6.42 Å². The van der Waals surface area contributed by atoms with Crippen LogP contribution in [0.1, 0.15) is 6.42 Å². The average molecular weight is 138 g/mol. The number of rotatable bonds is 0. The molecule has 1 saturated heterocycles. The highest BCUT2D eigenvalue weighted by Gasteiger charge is 2.28. The molecular weight excluding hydrogens is 132 g/mol. The fourth-order valence-corrected chi connectivity index (χ4v) is 1.51. The molecule has 0 aromatic carbocycles. The van der Waals surface area contributed by atoms with Crippen LogP contribution < -0.4 is 0 Å². The van der Waals surface area contributed by atoms with Crippen LogP contribution in [0.25, 0.3) is 0 Å². The van der Waals surface area contributed by atoms with Crippen molar-refractivity contribution in [2.45, 2.75) is 10.8 Å². The summed E-state index contributed by atoms with van der Waals surface area (Å²) in [5.41, 5.74) is 0. The van der Waals surface area contributed by atoms with Crippen molar-refractivity contribution in [1.82, 2.24) is 0 Å². The van der Waals surface area contributed by atoms with Gasteiger partial charge in [0.25, 0.3) is 0 Å². The third-order valence-corrected chi connectivity index (χ3v) is 2.31. The maximum absolute atomic E-state index is 8.89. The molecule has 0 saturated carbocycles. The molecule has 1 heterocycles. The van der Waals surface area contributed by atoms with E-state index in [4.69, 9.17) is 16.7 Å². The van der Waals surface area contributed by atoms with Gasteiger partial charge in [-0.3, -0.25) is 0 Å². The van der Waals surface area contributed by atoms with Crippen LogP contribution in [-0.4, -0.2) is 15.3 Å². The number of halogens is 1. The van der Waals surface area contributed by atoms with Crippen molar-refractivity contribution in [2.75, 3.05) is 5.75 Å². The predicted molar refractivity (Wildman–Crippen MR) is 32.2 cm³/mol. The Morgan fingerprint density at radius 1 is 1.86 bits per heavy atom. The van der Waals surface area contributed by atoms with Gasteiger partial charge in [-0.25, -0.2) is 0 Å². The van der Waals surface area contributed by atoms with Crippen molar-refractivity contribution >= 4 is 23.4 Å². The Kier molecular flexibility index (Phi) is 1.51. The first-order valence-corrected chi connectivity index (χ1v) is 3.44. The molecule has 1 rings (SSSR count). The number of hydrogen-bond acceptors (Lipinski definition) is 2. The Hall–Kier alpha value is 0.600. The molecule has 41 valence electrons. The maximum atomic E-state index is 8.89. The van der Waals surface area contributed by atoms with Crippen LogP contribution in [-0.2, 0) is 0 Å². The van der Waals surface area contributed by atoms with Gasteiger partial charge in [0, 0.05) is 12.2 Å². The summed E-state index contributed by atoms with van der Waals surface area (Å²) in [6.07, 6.45) is 2.58. The number of aliphatic hydroxyl groups is 1. The van der Waals surface area contributed by atoms with Gasteiger partial charge in [0.05, 0.1) is 0 Å². The zero-order chi connectivity index (χ0) is 5.33. The Labute approximate surface area is 52.0 Å². The van der Waals surface area contributed by atoms with Gasteiger partial charge in [-0.1, -0.05) is 11.6 Å². The summed E-state index contributed by atoms with van der Waals surface area (Å²) in [4.78, 5) is 0. The van der Waals surface area contributed by atoms with Crippen LogP contribution in [0.5, 0.6) is 0 Å². The van der Waals surface area contributed by atoms with Gasteiger partial charge in [-0.2, -0.15) is 0 Å². The van der Waals surface area contributed by atoms with E-state index in [0.717, 1.165) is 5.75 Å².